The van der Waals surface area contributed by atoms with Crippen molar-refractivity contribution in [1.82, 2.24) is 16.0 Å². The van der Waals surface area contributed by atoms with E-state index in [0.29, 0.717) is 13.0 Å². The molecule has 1 rings (SSSR count). The summed E-state index contributed by atoms with van der Waals surface area (Å²) in [5.74, 6) is 0.0605. The van der Waals surface area contributed by atoms with Gasteiger partial charge >= 0.3 is 0 Å². The third-order valence-corrected chi connectivity index (χ3v) is 3.26. The van der Waals surface area contributed by atoms with E-state index in [0.717, 1.165) is 19.4 Å². The van der Waals surface area contributed by atoms with Crippen molar-refractivity contribution in [2.45, 2.75) is 58.5 Å². The number of amides is 2. The van der Waals surface area contributed by atoms with Crippen molar-refractivity contribution in [3.8, 4) is 0 Å². The van der Waals surface area contributed by atoms with E-state index in [-0.39, 0.29) is 29.3 Å². The molecule has 0 aromatic carbocycles. The Morgan fingerprint density at radius 1 is 1.32 bits per heavy atom. The van der Waals surface area contributed by atoms with Gasteiger partial charge in [-0.3, -0.25) is 9.59 Å². The molecule has 110 valence electrons. The lowest BCUT2D eigenvalue weighted by atomic mass is 9.91. The number of carbonyl (C=O) groups is 2. The Hall–Kier alpha value is -1.10. The average molecular weight is 269 g/mol. The van der Waals surface area contributed by atoms with E-state index in [1.54, 1.807) is 0 Å². The van der Waals surface area contributed by atoms with Gasteiger partial charge in [-0.25, -0.2) is 0 Å². The van der Waals surface area contributed by atoms with E-state index in [2.05, 4.69) is 16.0 Å². The van der Waals surface area contributed by atoms with Gasteiger partial charge in [0.15, 0.2) is 0 Å². The standard InChI is InChI=1S/C14H27N3O2/c1-10-11(6-5-8-15-10)13(19)16-9-7-12(18)17-14(2,3)4/h10-11,15H,5-9H2,1-4H3,(H,16,19)(H,17,18). The average Bonchev–Trinajstić information content (AvgIpc) is 2.26. The molecule has 5 heteroatoms. The van der Waals surface area contributed by atoms with Gasteiger partial charge in [0.1, 0.15) is 0 Å². The third kappa shape index (κ3) is 6.05. The molecule has 0 aromatic rings. The first kappa shape index (κ1) is 16.0. The summed E-state index contributed by atoms with van der Waals surface area (Å²) >= 11 is 0. The number of piperidine rings is 1. The normalized spacial score (nSPS) is 23.8. The predicted molar refractivity (Wildman–Crippen MR) is 75.7 cm³/mol. The van der Waals surface area contributed by atoms with Gasteiger partial charge in [0.05, 0.1) is 5.92 Å². The highest BCUT2D eigenvalue weighted by Gasteiger charge is 2.27. The zero-order chi connectivity index (χ0) is 14.5. The molecule has 1 fully saturated rings. The number of hydrogen-bond acceptors (Lipinski definition) is 3. The van der Waals surface area contributed by atoms with Crippen LogP contribution in [0.3, 0.4) is 0 Å². The summed E-state index contributed by atoms with van der Waals surface area (Å²) in [6.07, 6.45) is 2.29. The lowest BCUT2D eigenvalue weighted by Gasteiger charge is -2.28. The minimum absolute atomic E-state index is 0.0254. The zero-order valence-corrected chi connectivity index (χ0v) is 12.5. The maximum atomic E-state index is 12.0. The Labute approximate surface area is 115 Å². The van der Waals surface area contributed by atoms with Gasteiger partial charge in [0.25, 0.3) is 0 Å². The third-order valence-electron chi connectivity index (χ3n) is 3.26. The molecule has 0 spiro atoms. The highest BCUT2D eigenvalue weighted by atomic mass is 16.2. The number of rotatable bonds is 4. The van der Waals surface area contributed by atoms with E-state index in [1.165, 1.54) is 0 Å². The van der Waals surface area contributed by atoms with Gasteiger partial charge in [-0.2, -0.15) is 0 Å². The number of carbonyl (C=O) groups excluding carboxylic acids is 2. The molecule has 1 aliphatic heterocycles. The van der Waals surface area contributed by atoms with Gasteiger partial charge < -0.3 is 16.0 Å². The SMILES string of the molecule is CC1NCCCC1C(=O)NCCC(=O)NC(C)(C)C. The lowest BCUT2D eigenvalue weighted by molar-refractivity contribution is -0.126. The van der Waals surface area contributed by atoms with Gasteiger partial charge in [-0.15, -0.1) is 0 Å². The molecule has 0 saturated carbocycles. The Bertz CT molecular complexity index is 323. The van der Waals surface area contributed by atoms with Gasteiger partial charge in [0, 0.05) is 24.5 Å². The molecule has 0 aromatic heterocycles. The zero-order valence-electron chi connectivity index (χ0n) is 12.5. The summed E-state index contributed by atoms with van der Waals surface area (Å²) in [6.45, 7) is 9.26. The molecule has 1 saturated heterocycles. The van der Waals surface area contributed by atoms with Crippen LogP contribution in [-0.4, -0.2) is 36.5 Å². The maximum Gasteiger partial charge on any atom is 0.224 e. The number of nitrogens with one attached hydrogen (secondary N) is 3. The van der Waals surface area contributed by atoms with Crippen LogP contribution in [0.5, 0.6) is 0 Å². The second-order valence-corrected chi connectivity index (χ2v) is 6.33. The van der Waals surface area contributed by atoms with Crippen molar-refractivity contribution < 1.29 is 9.59 Å². The second kappa shape index (κ2) is 6.89. The van der Waals surface area contributed by atoms with Crippen molar-refractivity contribution in [1.29, 1.82) is 0 Å². The first-order valence-electron chi connectivity index (χ1n) is 7.12. The minimum Gasteiger partial charge on any atom is -0.355 e. The topological polar surface area (TPSA) is 70.2 Å². The summed E-state index contributed by atoms with van der Waals surface area (Å²) in [5, 5.41) is 9.04. The van der Waals surface area contributed by atoms with Crippen LogP contribution < -0.4 is 16.0 Å². The van der Waals surface area contributed by atoms with Crippen LogP contribution in [0.25, 0.3) is 0 Å². The fraction of sp³-hybridized carbons (Fsp3) is 0.857. The van der Waals surface area contributed by atoms with E-state index in [9.17, 15) is 9.59 Å². The highest BCUT2D eigenvalue weighted by molar-refractivity contribution is 5.81. The Morgan fingerprint density at radius 3 is 2.58 bits per heavy atom. The molecule has 0 bridgehead atoms. The molecular formula is C14H27N3O2. The second-order valence-electron chi connectivity index (χ2n) is 6.33. The van der Waals surface area contributed by atoms with Crippen LogP contribution in [0.1, 0.15) is 47.0 Å². The maximum absolute atomic E-state index is 12.0. The molecule has 2 unspecified atom stereocenters. The molecule has 0 radical (unpaired) electrons. The Morgan fingerprint density at radius 2 is 2.00 bits per heavy atom. The highest BCUT2D eigenvalue weighted by Crippen LogP contribution is 2.16. The van der Waals surface area contributed by atoms with E-state index >= 15 is 0 Å². The molecular weight excluding hydrogens is 242 g/mol. The Kier molecular flexibility index (Phi) is 5.79. The molecule has 2 amide bonds. The molecule has 0 aliphatic carbocycles. The first-order chi connectivity index (χ1) is 8.79. The van der Waals surface area contributed by atoms with E-state index in [4.69, 9.17) is 0 Å². The summed E-state index contributed by atoms with van der Waals surface area (Å²) in [4.78, 5) is 23.6. The van der Waals surface area contributed by atoms with Crippen LogP contribution in [-0.2, 0) is 9.59 Å². The van der Waals surface area contributed by atoms with Crippen LogP contribution >= 0.6 is 0 Å². The largest absolute Gasteiger partial charge is 0.355 e. The fourth-order valence-corrected chi connectivity index (χ4v) is 2.31. The van der Waals surface area contributed by atoms with Crippen LogP contribution in [0.15, 0.2) is 0 Å². The van der Waals surface area contributed by atoms with Crippen molar-refractivity contribution in [2.75, 3.05) is 13.1 Å². The lowest BCUT2D eigenvalue weighted by Crippen LogP contribution is -2.47. The summed E-state index contributed by atoms with van der Waals surface area (Å²) in [6, 6.07) is 0.220. The van der Waals surface area contributed by atoms with E-state index < -0.39 is 0 Å². The quantitative estimate of drug-likeness (QED) is 0.707. The summed E-state index contributed by atoms with van der Waals surface area (Å²) in [7, 11) is 0. The fourth-order valence-electron chi connectivity index (χ4n) is 2.31. The van der Waals surface area contributed by atoms with Crippen LogP contribution in [0.2, 0.25) is 0 Å². The minimum atomic E-state index is -0.219. The van der Waals surface area contributed by atoms with Crippen molar-refractivity contribution in [3.63, 3.8) is 0 Å². The Balaban J connectivity index is 2.25. The molecule has 19 heavy (non-hydrogen) atoms. The van der Waals surface area contributed by atoms with Crippen LogP contribution in [0, 0.1) is 5.92 Å². The van der Waals surface area contributed by atoms with Crippen LogP contribution in [0.4, 0.5) is 0 Å². The smallest absolute Gasteiger partial charge is 0.224 e. The molecule has 5 nitrogen and oxygen atoms in total. The van der Waals surface area contributed by atoms with Crippen molar-refractivity contribution in [3.05, 3.63) is 0 Å². The van der Waals surface area contributed by atoms with Gasteiger partial charge in [0.2, 0.25) is 11.8 Å². The number of hydrogen-bond donors (Lipinski definition) is 3. The predicted octanol–water partition coefficient (Wildman–Crippen LogP) is 0.795. The van der Waals surface area contributed by atoms with Crippen molar-refractivity contribution >= 4 is 11.8 Å². The molecule has 2 atom stereocenters. The molecule has 3 N–H and O–H groups in total. The molecule has 1 aliphatic rings. The monoisotopic (exact) mass is 269 g/mol. The van der Waals surface area contributed by atoms with Gasteiger partial charge in [-0.1, -0.05) is 0 Å². The summed E-state index contributed by atoms with van der Waals surface area (Å²) < 4.78 is 0. The molecule has 1 heterocycles. The van der Waals surface area contributed by atoms with Crippen molar-refractivity contribution in [2.24, 2.45) is 5.92 Å². The first-order valence-corrected chi connectivity index (χ1v) is 7.12. The van der Waals surface area contributed by atoms with E-state index in [1.807, 2.05) is 27.7 Å². The van der Waals surface area contributed by atoms with Gasteiger partial charge in [-0.05, 0) is 47.1 Å². The summed E-state index contributed by atoms with van der Waals surface area (Å²) in [5.41, 5.74) is -0.219.